The number of hydrogen-bond acceptors (Lipinski definition) is 15. The van der Waals surface area contributed by atoms with Crippen molar-refractivity contribution < 1.29 is 80.2 Å². The summed E-state index contributed by atoms with van der Waals surface area (Å²) in [4.78, 5) is 73.2. The van der Waals surface area contributed by atoms with Crippen LogP contribution in [0.2, 0.25) is 0 Å². The largest absolute Gasteiger partial charge is 0.472 e. The van der Waals surface area contributed by atoms with Crippen LogP contribution in [0.15, 0.2) is 134 Å². The highest BCUT2D eigenvalue weighted by Gasteiger charge is 2.30. The number of allylic oxidation sites excluding steroid dienone is 22. The van der Waals surface area contributed by atoms with E-state index in [2.05, 4.69) is 161 Å². The third-order valence-corrected chi connectivity index (χ3v) is 19.5. The fraction of sp³-hybridized carbons (Fsp3) is 0.708. The van der Waals surface area contributed by atoms with Gasteiger partial charge >= 0.3 is 39.5 Å². The standard InChI is InChI=1S/C89H152O17P2/c1-5-9-13-17-21-25-29-33-37-39-41-43-47-49-53-57-61-65-69-73-86(91)99-79-84(105-88(93)75-71-67-63-59-55-51-45-35-31-27-23-19-15-11-7-3)81-103-107(95,96)101-77-83(90)78-102-108(97,98)104-82-85(106-89(94)76-72-68-64-60-56-52-46-36-32-28-24-20-16-12-8-4)80-100-87(92)74-70-66-62-58-54-50-48-44-42-40-38-34-30-26-22-18-14-10-6-2/h9,13,21-28,33-38,41-46,83-85,90H,5-8,10-12,14-20,29-32,39-40,47-82H2,1-4H3,(H,95,96)(H,97,98)/b13-9-,25-21-,26-22-,27-23-,28-24-,37-33-,38-34-,43-41-,44-42-,45-35-,46-36-. The molecule has 0 bridgehead atoms. The molecule has 0 heterocycles. The van der Waals surface area contributed by atoms with Crippen molar-refractivity contribution in [1.29, 1.82) is 0 Å². The van der Waals surface area contributed by atoms with Crippen LogP contribution in [0.5, 0.6) is 0 Å². The molecule has 17 nitrogen and oxygen atoms in total. The topological polar surface area (TPSA) is 237 Å². The van der Waals surface area contributed by atoms with E-state index in [0.29, 0.717) is 25.7 Å². The molecule has 0 aliphatic heterocycles. The van der Waals surface area contributed by atoms with E-state index in [1.807, 2.05) is 0 Å². The summed E-state index contributed by atoms with van der Waals surface area (Å²) in [5, 5.41) is 10.7. The molecule has 0 aliphatic rings. The van der Waals surface area contributed by atoms with Crippen LogP contribution in [0.3, 0.4) is 0 Å². The van der Waals surface area contributed by atoms with Gasteiger partial charge in [0.25, 0.3) is 0 Å². The Labute approximate surface area is 656 Å². The summed E-state index contributed by atoms with van der Waals surface area (Å²) in [5.41, 5.74) is 0. The predicted molar refractivity (Wildman–Crippen MR) is 445 cm³/mol. The normalized spacial score (nSPS) is 14.5. The first-order valence-electron chi connectivity index (χ1n) is 42.4. The highest BCUT2D eigenvalue weighted by Crippen LogP contribution is 2.45. The molecule has 0 aliphatic carbocycles. The molecule has 108 heavy (non-hydrogen) atoms. The number of ether oxygens (including phenoxy) is 4. The molecule has 0 saturated heterocycles. The molecule has 0 aromatic rings. The lowest BCUT2D eigenvalue weighted by atomic mass is 10.1. The number of aliphatic hydroxyl groups is 1. The minimum atomic E-state index is -4.99. The van der Waals surface area contributed by atoms with Gasteiger partial charge in [-0.15, -0.1) is 0 Å². The van der Waals surface area contributed by atoms with E-state index in [9.17, 15) is 43.2 Å². The molecule has 5 unspecified atom stereocenters. The molecule has 0 amide bonds. The lowest BCUT2D eigenvalue weighted by Gasteiger charge is -2.21. The fourth-order valence-corrected chi connectivity index (χ4v) is 12.7. The van der Waals surface area contributed by atoms with Crippen LogP contribution in [0.25, 0.3) is 0 Å². The average Bonchev–Trinajstić information content (AvgIpc) is 0.923. The van der Waals surface area contributed by atoms with Crippen LogP contribution in [-0.4, -0.2) is 96.7 Å². The van der Waals surface area contributed by atoms with Crippen molar-refractivity contribution in [3.8, 4) is 0 Å². The monoisotopic (exact) mass is 1560 g/mol. The number of hydrogen-bond donors (Lipinski definition) is 3. The van der Waals surface area contributed by atoms with Crippen molar-refractivity contribution in [1.82, 2.24) is 0 Å². The van der Waals surface area contributed by atoms with Crippen LogP contribution in [0.1, 0.15) is 349 Å². The first-order valence-corrected chi connectivity index (χ1v) is 45.4. The number of aliphatic hydroxyl groups excluding tert-OH is 1. The van der Waals surface area contributed by atoms with Crippen molar-refractivity contribution in [3.05, 3.63) is 134 Å². The van der Waals surface area contributed by atoms with Gasteiger partial charge in [-0.05, 0) is 167 Å². The third-order valence-electron chi connectivity index (χ3n) is 17.6. The van der Waals surface area contributed by atoms with Crippen molar-refractivity contribution in [2.75, 3.05) is 39.6 Å². The van der Waals surface area contributed by atoms with Gasteiger partial charge in [0, 0.05) is 25.7 Å². The summed E-state index contributed by atoms with van der Waals surface area (Å²) in [7, 11) is -9.98. The van der Waals surface area contributed by atoms with E-state index in [0.717, 1.165) is 212 Å². The summed E-state index contributed by atoms with van der Waals surface area (Å²) in [5.74, 6) is -2.23. The minimum absolute atomic E-state index is 0.0725. The van der Waals surface area contributed by atoms with Crippen LogP contribution < -0.4 is 0 Å². The van der Waals surface area contributed by atoms with Crippen LogP contribution in [0.4, 0.5) is 0 Å². The lowest BCUT2D eigenvalue weighted by Crippen LogP contribution is -2.30. The Bertz CT molecular complexity index is 2560. The summed E-state index contributed by atoms with van der Waals surface area (Å²) in [6.45, 7) is 4.66. The molecule has 0 aromatic heterocycles. The fourth-order valence-electron chi connectivity index (χ4n) is 11.1. The second kappa shape index (κ2) is 80.3. The summed E-state index contributed by atoms with van der Waals surface area (Å²) < 4.78 is 68.8. The minimum Gasteiger partial charge on any atom is -0.462 e. The summed E-state index contributed by atoms with van der Waals surface area (Å²) >= 11 is 0. The number of carbonyl (C=O) groups excluding carboxylic acids is 4. The molecule has 0 aromatic carbocycles. The zero-order valence-electron chi connectivity index (χ0n) is 68.0. The number of rotatable bonds is 79. The average molecular weight is 1560 g/mol. The molecule has 5 atom stereocenters. The van der Waals surface area contributed by atoms with E-state index >= 15 is 0 Å². The van der Waals surface area contributed by atoms with Gasteiger partial charge in [0.15, 0.2) is 12.2 Å². The Hall–Kier alpha value is -4.80. The van der Waals surface area contributed by atoms with E-state index in [-0.39, 0.29) is 25.7 Å². The van der Waals surface area contributed by atoms with Gasteiger partial charge in [0.2, 0.25) is 0 Å². The summed E-state index contributed by atoms with van der Waals surface area (Å²) in [6.07, 6.45) is 91.2. The van der Waals surface area contributed by atoms with Gasteiger partial charge < -0.3 is 33.8 Å². The zero-order chi connectivity index (χ0) is 78.9. The Morgan fingerprint density at radius 3 is 0.741 bits per heavy atom. The smallest absolute Gasteiger partial charge is 0.462 e. The van der Waals surface area contributed by atoms with Gasteiger partial charge in [0.05, 0.1) is 26.4 Å². The lowest BCUT2D eigenvalue weighted by molar-refractivity contribution is -0.161. The Morgan fingerprint density at radius 1 is 0.269 bits per heavy atom. The maximum absolute atomic E-state index is 13.1. The van der Waals surface area contributed by atoms with E-state index < -0.39 is 97.5 Å². The molecule has 0 saturated carbocycles. The Balaban J connectivity index is 5.40. The second-order valence-electron chi connectivity index (χ2n) is 28.0. The molecule has 0 rings (SSSR count). The van der Waals surface area contributed by atoms with Crippen molar-refractivity contribution in [3.63, 3.8) is 0 Å². The van der Waals surface area contributed by atoms with Crippen LogP contribution >= 0.6 is 15.6 Å². The van der Waals surface area contributed by atoms with Crippen molar-refractivity contribution in [2.24, 2.45) is 0 Å². The number of unbranched alkanes of at least 4 members (excludes halogenated alkanes) is 31. The van der Waals surface area contributed by atoms with Gasteiger partial charge in [-0.1, -0.05) is 290 Å². The van der Waals surface area contributed by atoms with Gasteiger partial charge in [-0.25, -0.2) is 9.13 Å². The van der Waals surface area contributed by atoms with Gasteiger partial charge in [-0.3, -0.25) is 37.3 Å². The molecule has 0 fully saturated rings. The van der Waals surface area contributed by atoms with Gasteiger partial charge in [-0.2, -0.15) is 0 Å². The molecular weight excluding hydrogens is 1400 g/mol. The highest BCUT2D eigenvalue weighted by molar-refractivity contribution is 7.47. The Kier molecular flexibility index (Phi) is 76.7. The van der Waals surface area contributed by atoms with Gasteiger partial charge in [0.1, 0.15) is 19.3 Å². The number of phosphoric ester groups is 2. The number of esters is 4. The van der Waals surface area contributed by atoms with Crippen molar-refractivity contribution >= 4 is 39.5 Å². The Morgan fingerprint density at radius 2 is 0.481 bits per heavy atom. The number of phosphoric acid groups is 2. The maximum Gasteiger partial charge on any atom is 0.472 e. The first kappa shape index (κ1) is 103. The van der Waals surface area contributed by atoms with Crippen LogP contribution in [-0.2, 0) is 65.4 Å². The SMILES string of the molecule is CC/C=C\C/C=C\C/C=C\C/C=C\CCCCCCCCC(=O)OCC(COP(=O)(O)OCC(O)COP(=O)(O)OCC(COC(=O)CCCCCCCC/C=C\C/C=C\C/C=C\CCCCC)OC(=O)CCCCCCC/C=C\C/C=C\CCCCC)OC(=O)CCCCCCC/C=C\C/C=C\CCCCC. The number of carbonyl (C=O) groups is 4. The van der Waals surface area contributed by atoms with E-state index in [4.69, 9.17) is 37.0 Å². The first-order chi connectivity index (χ1) is 52.7. The zero-order valence-corrected chi connectivity index (χ0v) is 69.8. The van der Waals surface area contributed by atoms with E-state index in [1.165, 1.54) is 57.8 Å². The van der Waals surface area contributed by atoms with E-state index in [1.54, 1.807) is 0 Å². The molecule has 0 radical (unpaired) electrons. The maximum atomic E-state index is 13.1. The quantitative estimate of drug-likeness (QED) is 0.0169. The molecular formula is C89H152O17P2. The summed E-state index contributed by atoms with van der Waals surface area (Å²) in [6, 6.07) is 0. The van der Waals surface area contributed by atoms with Crippen LogP contribution in [0, 0.1) is 0 Å². The molecule has 620 valence electrons. The molecule has 19 heteroatoms. The van der Waals surface area contributed by atoms with Crippen molar-refractivity contribution in [2.45, 2.75) is 367 Å². The highest BCUT2D eigenvalue weighted by atomic mass is 31.2. The second-order valence-corrected chi connectivity index (χ2v) is 30.9. The molecule has 0 spiro atoms. The third kappa shape index (κ3) is 79.3. The predicted octanol–water partition coefficient (Wildman–Crippen LogP) is 25.2. The molecule has 3 N–H and O–H groups in total.